The molecule has 0 atom stereocenters. The molecule has 0 aromatic heterocycles. The Bertz CT molecular complexity index is 682. The molecule has 0 unspecified atom stereocenters. The fourth-order valence-electron chi connectivity index (χ4n) is 2.30. The number of rotatable bonds is 8. The number of hydrogen-bond donors (Lipinski definition) is 3. The summed E-state index contributed by atoms with van der Waals surface area (Å²) in [5.74, 6) is 0.268. The third-order valence-corrected chi connectivity index (χ3v) is 3.55. The van der Waals surface area contributed by atoms with E-state index in [-0.39, 0.29) is 18.4 Å². The van der Waals surface area contributed by atoms with Crippen LogP contribution in [0.25, 0.3) is 0 Å². The van der Waals surface area contributed by atoms with Crippen molar-refractivity contribution in [1.29, 1.82) is 0 Å². The lowest BCUT2D eigenvalue weighted by Gasteiger charge is -2.10. The number of carbonyl (C=O) groups is 2. The van der Waals surface area contributed by atoms with Crippen molar-refractivity contribution >= 4 is 23.2 Å². The van der Waals surface area contributed by atoms with Gasteiger partial charge in [0.25, 0.3) is 0 Å². The molecule has 0 spiro atoms. The summed E-state index contributed by atoms with van der Waals surface area (Å²) in [6.07, 6.45) is 0.502. The first-order valence-electron chi connectivity index (χ1n) is 8.47. The molecule has 0 aliphatic carbocycles. The van der Waals surface area contributed by atoms with E-state index in [1.165, 1.54) is 0 Å². The standard InChI is InChI=1S/C20H25N3O2/c1-15(2)12-19(24)23-18-10-8-17(9-11-18)21-14-20(25)22-13-16-6-4-3-5-7-16/h3-11,15,21H,12-14H2,1-2H3,(H,22,25)(H,23,24). The Hall–Kier alpha value is -2.82. The van der Waals surface area contributed by atoms with Crippen LogP contribution in [0.2, 0.25) is 0 Å². The summed E-state index contributed by atoms with van der Waals surface area (Å²) in [5, 5.41) is 8.79. The third-order valence-electron chi connectivity index (χ3n) is 3.55. The number of benzene rings is 2. The minimum absolute atomic E-state index is 0.0102. The Morgan fingerprint density at radius 3 is 2.16 bits per heavy atom. The second kappa shape index (κ2) is 9.47. The summed E-state index contributed by atoms with van der Waals surface area (Å²) >= 11 is 0. The van der Waals surface area contributed by atoms with E-state index < -0.39 is 0 Å². The van der Waals surface area contributed by atoms with E-state index in [1.54, 1.807) is 0 Å². The highest BCUT2D eigenvalue weighted by Gasteiger charge is 2.05. The Morgan fingerprint density at radius 2 is 1.52 bits per heavy atom. The largest absolute Gasteiger partial charge is 0.376 e. The van der Waals surface area contributed by atoms with E-state index in [9.17, 15) is 9.59 Å². The van der Waals surface area contributed by atoms with Crippen LogP contribution in [-0.4, -0.2) is 18.4 Å². The van der Waals surface area contributed by atoms with Gasteiger partial charge in [-0.1, -0.05) is 44.2 Å². The second-order valence-electron chi connectivity index (χ2n) is 6.34. The van der Waals surface area contributed by atoms with Crippen LogP contribution in [0.15, 0.2) is 54.6 Å². The van der Waals surface area contributed by atoms with Gasteiger partial charge in [-0.2, -0.15) is 0 Å². The summed E-state index contributed by atoms with van der Waals surface area (Å²) < 4.78 is 0. The average molecular weight is 339 g/mol. The summed E-state index contributed by atoms with van der Waals surface area (Å²) in [6, 6.07) is 17.1. The Balaban J connectivity index is 1.73. The molecule has 5 heteroatoms. The molecule has 0 saturated carbocycles. The van der Waals surface area contributed by atoms with Crippen molar-refractivity contribution in [3.05, 3.63) is 60.2 Å². The van der Waals surface area contributed by atoms with Crippen LogP contribution in [0.4, 0.5) is 11.4 Å². The van der Waals surface area contributed by atoms with Gasteiger partial charge in [0, 0.05) is 24.3 Å². The summed E-state index contributed by atoms with van der Waals surface area (Å²) in [5.41, 5.74) is 2.65. The smallest absolute Gasteiger partial charge is 0.239 e. The molecule has 25 heavy (non-hydrogen) atoms. The van der Waals surface area contributed by atoms with E-state index in [1.807, 2.05) is 68.4 Å². The van der Waals surface area contributed by atoms with Gasteiger partial charge in [-0.05, 0) is 35.7 Å². The van der Waals surface area contributed by atoms with Crippen molar-refractivity contribution in [3.63, 3.8) is 0 Å². The van der Waals surface area contributed by atoms with Gasteiger partial charge in [0.05, 0.1) is 6.54 Å². The number of anilines is 2. The lowest BCUT2D eigenvalue weighted by molar-refractivity contribution is -0.119. The molecule has 0 bridgehead atoms. The molecule has 0 aliphatic heterocycles. The zero-order chi connectivity index (χ0) is 18.1. The molecular weight excluding hydrogens is 314 g/mol. The van der Waals surface area contributed by atoms with Crippen LogP contribution in [-0.2, 0) is 16.1 Å². The quantitative estimate of drug-likeness (QED) is 0.690. The topological polar surface area (TPSA) is 70.2 Å². The predicted octanol–water partition coefficient (Wildman–Crippen LogP) is 3.40. The lowest BCUT2D eigenvalue weighted by Crippen LogP contribution is -2.29. The van der Waals surface area contributed by atoms with Crippen LogP contribution in [0, 0.1) is 5.92 Å². The van der Waals surface area contributed by atoms with Gasteiger partial charge in [-0.25, -0.2) is 0 Å². The van der Waals surface area contributed by atoms with Crippen molar-refractivity contribution in [2.45, 2.75) is 26.8 Å². The van der Waals surface area contributed by atoms with Crippen molar-refractivity contribution in [2.75, 3.05) is 17.2 Å². The maximum atomic E-state index is 11.9. The van der Waals surface area contributed by atoms with E-state index in [0.29, 0.717) is 18.9 Å². The highest BCUT2D eigenvalue weighted by Crippen LogP contribution is 2.14. The van der Waals surface area contributed by atoms with Gasteiger partial charge in [-0.3, -0.25) is 9.59 Å². The number of nitrogens with one attached hydrogen (secondary N) is 3. The second-order valence-corrected chi connectivity index (χ2v) is 6.34. The zero-order valence-corrected chi connectivity index (χ0v) is 14.7. The van der Waals surface area contributed by atoms with Crippen LogP contribution in [0.5, 0.6) is 0 Å². The first-order valence-corrected chi connectivity index (χ1v) is 8.47. The van der Waals surface area contributed by atoms with E-state index in [0.717, 1.165) is 16.9 Å². The number of amides is 2. The molecule has 0 heterocycles. The van der Waals surface area contributed by atoms with Gasteiger partial charge >= 0.3 is 0 Å². The van der Waals surface area contributed by atoms with Crippen LogP contribution < -0.4 is 16.0 Å². The molecule has 3 N–H and O–H groups in total. The first kappa shape index (κ1) is 18.5. The molecule has 2 rings (SSSR count). The summed E-state index contributed by atoms with van der Waals surface area (Å²) in [7, 11) is 0. The van der Waals surface area contributed by atoms with E-state index in [4.69, 9.17) is 0 Å². The molecule has 2 amide bonds. The van der Waals surface area contributed by atoms with Gasteiger partial charge in [0.15, 0.2) is 0 Å². The third kappa shape index (κ3) is 7.08. The minimum atomic E-state index is -0.0711. The summed E-state index contributed by atoms with van der Waals surface area (Å²) in [6.45, 7) is 4.74. The molecule has 0 fully saturated rings. The monoisotopic (exact) mass is 339 g/mol. The Kier molecular flexibility index (Phi) is 7.01. The highest BCUT2D eigenvalue weighted by atomic mass is 16.2. The van der Waals surface area contributed by atoms with Crippen molar-refractivity contribution in [1.82, 2.24) is 5.32 Å². The van der Waals surface area contributed by atoms with Gasteiger partial charge in [0.1, 0.15) is 0 Å². The van der Waals surface area contributed by atoms with Crippen LogP contribution in [0.3, 0.4) is 0 Å². The maximum Gasteiger partial charge on any atom is 0.239 e. The molecular formula is C20H25N3O2. The van der Waals surface area contributed by atoms with Crippen molar-refractivity contribution in [2.24, 2.45) is 5.92 Å². The predicted molar refractivity (Wildman–Crippen MR) is 101 cm³/mol. The molecule has 0 saturated heterocycles. The van der Waals surface area contributed by atoms with Gasteiger partial charge in [0.2, 0.25) is 11.8 Å². The fourth-order valence-corrected chi connectivity index (χ4v) is 2.30. The zero-order valence-electron chi connectivity index (χ0n) is 14.7. The van der Waals surface area contributed by atoms with Gasteiger partial charge in [-0.15, -0.1) is 0 Å². The van der Waals surface area contributed by atoms with E-state index in [2.05, 4.69) is 16.0 Å². The van der Waals surface area contributed by atoms with Gasteiger partial charge < -0.3 is 16.0 Å². The SMILES string of the molecule is CC(C)CC(=O)Nc1ccc(NCC(=O)NCc2ccccc2)cc1. The molecule has 2 aromatic rings. The Morgan fingerprint density at radius 1 is 0.880 bits per heavy atom. The molecule has 2 aromatic carbocycles. The molecule has 0 radical (unpaired) electrons. The molecule has 0 aliphatic rings. The number of carbonyl (C=O) groups excluding carboxylic acids is 2. The maximum absolute atomic E-state index is 11.9. The van der Waals surface area contributed by atoms with E-state index >= 15 is 0 Å². The Labute approximate surface area is 148 Å². The highest BCUT2D eigenvalue weighted by molar-refractivity contribution is 5.91. The molecule has 5 nitrogen and oxygen atoms in total. The molecule has 132 valence electrons. The minimum Gasteiger partial charge on any atom is -0.376 e. The normalized spacial score (nSPS) is 10.4. The number of hydrogen-bond acceptors (Lipinski definition) is 3. The summed E-state index contributed by atoms with van der Waals surface area (Å²) in [4.78, 5) is 23.6. The van der Waals surface area contributed by atoms with Crippen molar-refractivity contribution in [3.8, 4) is 0 Å². The average Bonchev–Trinajstić information content (AvgIpc) is 2.59. The van der Waals surface area contributed by atoms with Crippen LogP contribution >= 0.6 is 0 Å². The first-order chi connectivity index (χ1) is 12.0. The van der Waals surface area contributed by atoms with Crippen molar-refractivity contribution < 1.29 is 9.59 Å². The lowest BCUT2D eigenvalue weighted by atomic mass is 10.1. The fraction of sp³-hybridized carbons (Fsp3) is 0.300. The van der Waals surface area contributed by atoms with Crippen LogP contribution in [0.1, 0.15) is 25.8 Å².